The van der Waals surface area contributed by atoms with Crippen LogP contribution < -0.4 is 0 Å². The van der Waals surface area contributed by atoms with E-state index in [0.29, 0.717) is 12.3 Å². The number of hydrogen-bond acceptors (Lipinski definition) is 2. The third-order valence-electron chi connectivity index (χ3n) is 3.48. The van der Waals surface area contributed by atoms with Crippen molar-refractivity contribution in [2.45, 2.75) is 53.4 Å². The quantitative estimate of drug-likeness (QED) is 0.704. The lowest BCUT2D eigenvalue weighted by Gasteiger charge is -2.36. The summed E-state index contributed by atoms with van der Waals surface area (Å²) in [5.41, 5.74) is 0.106. The maximum absolute atomic E-state index is 12.1. The molecule has 1 fully saturated rings. The van der Waals surface area contributed by atoms with Gasteiger partial charge in [0.1, 0.15) is 0 Å². The summed E-state index contributed by atoms with van der Waals surface area (Å²) in [6.07, 6.45) is 4.57. The Bertz CT molecular complexity index is 250. The fourth-order valence-electron chi connectivity index (χ4n) is 2.37. The SMILES string of the molecule is CCCCCN1CCN(C(=O)CC(C)(C)C)CC1. The smallest absolute Gasteiger partial charge is 0.223 e. The summed E-state index contributed by atoms with van der Waals surface area (Å²) >= 11 is 0. The molecule has 0 spiro atoms. The maximum atomic E-state index is 12.1. The van der Waals surface area contributed by atoms with Gasteiger partial charge in [0, 0.05) is 32.6 Å². The predicted octanol–water partition coefficient (Wildman–Crippen LogP) is 2.76. The van der Waals surface area contributed by atoms with Crippen LogP contribution in [0.5, 0.6) is 0 Å². The number of nitrogens with zero attached hydrogens (tertiary/aromatic N) is 2. The van der Waals surface area contributed by atoms with E-state index in [1.54, 1.807) is 0 Å². The predicted molar refractivity (Wildman–Crippen MR) is 76.6 cm³/mol. The van der Waals surface area contributed by atoms with Crippen molar-refractivity contribution in [2.75, 3.05) is 32.7 Å². The van der Waals surface area contributed by atoms with Crippen LogP contribution in [-0.2, 0) is 4.79 Å². The zero-order valence-corrected chi connectivity index (χ0v) is 12.7. The van der Waals surface area contributed by atoms with Crippen LogP contribution in [0.2, 0.25) is 0 Å². The molecule has 0 unspecified atom stereocenters. The molecule has 0 aromatic carbocycles. The maximum Gasteiger partial charge on any atom is 0.223 e. The van der Waals surface area contributed by atoms with Crippen LogP contribution >= 0.6 is 0 Å². The number of hydrogen-bond donors (Lipinski definition) is 0. The second-order valence-electron chi connectivity index (χ2n) is 6.67. The monoisotopic (exact) mass is 254 g/mol. The van der Waals surface area contributed by atoms with E-state index in [2.05, 4.69) is 32.6 Å². The molecule has 0 saturated carbocycles. The molecule has 1 aliphatic heterocycles. The van der Waals surface area contributed by atoms with Gasteiger partial charge in [0.25, 0.3) is 0 Å². The van der Waals surface area contributed by atoms with E-state index in [0.717, 1.165) is 26.2 Å². The molecule has 0 aromatic rings. The molecule has 1 aliphatic rings. The van der Waals surface area contributed by atoms with E-state index in [-0.39, 0.29) is 5.41 Å². The third-order valence-corrected chi connectivity index (χ3v) is 3.48. The minimum atomic E-state index is 0.106. The summed E-state index contributed by atoms with van der Waals surface area (Å²) in [6, 6.07) is 0. The molecule has 3 heteroatoms. The molecular weight excluding hydrogens is 224 g/mol. The standard InChI is InChI=1S/C15H30N2O/c1-5-6-7-8-16-9-11-17(12-10-16)14(18)13-15(2,3)4/h5-13H2,1-4H3. The van der Waals surface area contributed by atoms with Gasteiger partial charge >= 0.3 is 0 Å². The van der Waals surface area contributed by atoms with E-state index in [4.69, 9.17) is 0 Å². The number of carbonyl (C=O) groups is 1. The lowest BCUT2D eigenvalue weighted by molar-refractivity contribution is -0.134. The van der Waals surface area contributed by atoms with E-state index < -0.39 is 0 Å². The molecule has 106 valence electrons. The number of amides is 1. The van der Waals surface area contributed by atoms with Crippen molar-refractivity contribution in [3.05, 3.63) is 0 Å². The first-order chi connectivity index (χ1) is 8.42. The highest BCUT2D eigenvalue weighted by molar-refractivity contribution is 5.76. The molecular formula is C15H30N2O. The molecule has 18 heavy (non-hydrogen) atoms. The molecule has 0 aromatic heterocycles. The van der Waals surface area contributed by atoms with Gasteiger partial charge in [0.2, 0.25) is 5.91 Å². The molecule has 0 radical (unpaired) electrons. The Morgan fingerprint density at radius 3 is 2.17 bits per heavy atom. The van der Waals surface area contributed by atoms with Gasteiger partial charge in [-0.2, -0.15) is 0 Å². The zero-order chi connectivity index (χ0) is 13.6. The van der Waals surface area contributed by atoms with Crippen molar-refractivity contribution in [1.82, 2.24) is 9.80 Å². The first kappa shape index (κ1) is 15.5. The van der Waals surface area contributed by atoms with Crippen LogP contribution in [0.25, 0.3) is 0 Å². The Labute approximate surface area is 113 Å². The highest BCUT2D eigenvalue weighted by atomic mass is 16.2. The Balaban J connectivity index is 2.24. The van der Waals surface area contributed by atoms with Crippen molar-refractivity contribution in [3.63, 3.8) is 0 Å². The lowest BCUT2D eigenvalue weighted by atomic mass is 9.91. The topological polar surface area (TPSA) is 23.6 Å². The minimum absolute atomic E-state index is 0.106. The van der Waals surface area contributed by atoms with Gasteiger partial charge in [0.05, 0.1) is 0 Å². The fourth-order valence-corrected chi connectivity index (χ4v) is 2.37. The number of rotatable bonds is 5. The molecule has 0 atom stereocenters. The molecule has 0 N–H and O–H groups in total. The zero-order valence-electron chi connectivity index (χ0n) is 12.7. The van der Waals surface area contributed by atoms with Crippen molar-refractivity contribution < 1.29 is 4.79 Å². The second kappa shape index (κ2) is 7.13. The van der Waals surface area contributed by atoms with Crippen LogP contribution in [0.15, 0.2) is 0 Å². The Morgan fingerprint density at radius 1 is 1.06 bits per heavy atom. The lowest BCUT2D eigenvalue weighted by Crippen LogP contribution is -2.49. The second-order valence-corrected chi connectivity index (χ2v) is 6.67. The number of unbranched alkanes of at least 4 members (excludes halogenated alkanes) is 2. The molecule has 1 rings (SSSR count). The van der Waals surface area contributed by atoms with Gasteiger partial charge in [0.15, 0.2) is 0 Å². The van der Waals surface area contributed by atoms with Crippen LogP contribution in [0.3, 0.4) is 0 Å². The molecule has 0 aliphatic carbocycles. The van der Waals surface area contributed by atoms with E-state index in [1.807, 2.05) is 4.90 Å². The van der Waals surface area contributed by atoms with Gasteiger partial charge < -0.3 is 4.90 Å². The van der Waals surface area contributed by atoms with Crippen LogP contribution in [0.1, 0.15) is 53.4 Å². The van der Waals surface area contributed by atoms with Crippen LogP contribution in [0.4, 0.5) is 0 Å². The third kappa shape index (κ3) is 5.85. The molecule has 0 bridgehead atoms. The van der Waals surface area contributed by atoms with Gasteiger partial charge in [-0.1, -0.05) is 40.5 Å². The summed E-state index contributed by atoms with van der Waals surface area (Å²) in [4.78, 5) is 16.6. The summed E-state index contributed by atoms with van der Waals surface area (Å²) in [5.74, 6) is 0.329. The number of piperazine rings is 1. The van der Waals surface area contributed by atoms with Gasteiger partial charge in [-0.05, 0) is 18.4 Å². The normalized spacial score (nSPS) is 18.1. The van der Waals surface area contributed by atoms with Crippen molar-refractivity contribution in [2.24, 2.45) is 5.41 Å². The minimum Gasteiger partial charge on any atom is -0.340 e. The Kier molecular flexibility index (Phi) is 6.13. The average Bonchev–Trinajstić information content (AvgIpc) is 2.28. The summed E-state index contributed by atoms with van der Waals surface area (Å²) in [7, 11) is 0. The van der Waals surface area contributed by atoms with E-state index in [1.165, 1.54) is 25.8 Å². The highest BCUT2D eigenvalue weighted by Gasteiger charge is 2.24. The van der Waals surface area contributed by atoms with Crippen molar-refractivity contribution in [3.8, 4) is 0 Å². The average molecular weight is 254 g/mol. The largest absolute Gasteiger partial charge is 0.340 e. The van der Waals surface area contributed by atoms with Crippen LogP contribution in [-0.4, -0.2) is 48.4 Å². The fraction of sp³-hybridized carbons (Fsp3) is 0.933. The first-order valence-electron chi connectivity index (χ1n) is 7.42. The Morgan fingerprint density at radius 2 is 1.67 bits per heavy atom. The molecule has 1 heterocycles. The van der Waals surface area contributed by atoms with E-state index in [9.17, 15) is 4.79 Å². The van der Waals surface area contributed by atoms with Gasteiger partial charge in [-0.15, -0.1) is 0 Å². The van der Waals surface area contributed by atoms with Crippen LogP contribution in [0, 0.1) is 5.41 Å². The van der Waals surface area contributed by atoms with Gasteiger partial charge in [-0.25, -0.2) is 0 Å². The molecule has 1 amide bonds. The first-order valence-corrected chi connectivity index (χ1v) is 7.42. The summed E-state index contributed by atoms with van der Waals surface area (Å²) < 4.78 is 0. The molecule has 1 saturated heterocycles. The van der Waals surface area contributed by atoms with E-state index >= 15 is 0 Å². The summed E-state index contributed by atoms with van der Waals surface area (Å²) in [6.45, 7) is 13.8. The number of carbonyl (C=O) groups excluding carboxylic acids is 1. The molecule has 3 nitrogen and oxygen atoms in total. The highest BCUT2D eigenvalue weighted by Crippen LogP contribution is 2.20. The summed E-state index contributed by atoms with van der Waals surface area (Å²) in [5, 5.41) is 0. The Hall–Kier alpha value is -0.570. The van der Waals surface area contributed by atoms with Crippen molar-refractivity contribution >= 4 is 5.91 Å². The van der Waals surface area contributed by atoms with Gasteiger partial charge in [-0.3, -0.25) is 9.69 Å². The van der Waals surface area contributed by atoms with Crippen molar-refractivity contribution in [1.29, 1.82) is 0 Å².